The first-order chi connectivity index (χ1) is 10.9. The number of carbonyl (C=O) groups excluding carboxylic acids is 1. The van der Waals surface area contributed by atoms with Crippen molar-refractivity contribution in [2.75, 3.05) is 12.3 Å². The Morgan fingerprint density at radius 3 is 2.61 bits per heavy atom. The Morgan fingerprint density at radius 1 is 1.30 bits per heavy atom. The highest BCUT2D eigenvalue weighted by Crippen LogP contribution is 2.36. The van der Waals surface area contributed by atoms with Crippen LogP contribution >= 0.6 is 11.6 Å². The highest BCUT2D eigenvalue weighted by atomic mass is 35.5. The molecule has 0 spiro atoms. The van der Waals surface area contributed by atoms with Crippen molar-refractivity contribution in [3.05, 3.63) is 29.3 Å². The van der Waals surface area contributed by atoms with E-state index < -0.39 is 27.2 Å². The molecule has 1 aliphatic rings. The first-order valence-electron chi connectivity index (χ1n) is 7.00. The number of sulfone groups is 1. The summed E-state index contributed by atoms with van der Waals surface area (Å²) in [6.07, 6.45) is 6.90. The van der Waals surface area contributed by atoms with Gasteiger partial charge in [-0.3, -0.25) is 4.79 Å². The van der Waals surface area contributed by atoms with Gasteiger partial charge in [-0.15, -0.1) is 12.3 Å². The second-order valence-electron chi connectivity index (χ2n) is 5.18. The number of nitrogens with zero attached hydrogens (tertiary/aromatic N) is 2. The van der Waals surface area contributed by atoms with Gasteiger partial charge in [-0.05, 0) is 12.1 Å². The summed E-state index contributed by atoms with van der Waals surface area (Å²) < 4.78 is 24.3. The van der Waals surface area contributed by atoms with E-state index in [4.69, 9.17) is 18.0 Å². The maximum atomic E-state index is 12.2. The fourth-order valence-corrected chi connectivity index (χ4v) is 3.81. The van der Waals surface area contributed by atoms with E-state index in [-0.39, 0.29) is 16.5 Å². The molecule has 2 rings (SSSR count). The van der Waals surface area contributed by atoms with Crippen molar-refractivity contribution >= 4 is 27.3 Å². The summed E-state index contributed by atoms with van der Waals surface area (Å²) in [6, 6.07) is 6.03. The van der Waals surface area contributed by atoms with Crippen molar-refractivity contribution < 1.29 is 13.2 Å². The number of hydrogen-bond acceptors (Lipinski definition) is 5. The molecule has 1 N–H and O–H groups in total. The third-order valence-corrected chi connectivity index (χ3v) is 5.50. The molecular weight excluding hydrogens is 338 g/mol. The van der Waals surface area contributed by atoms with Crippen molar-refractivity contribution in [1.82, 2.24) is 5.32 Å². The van der Waals surface area contributed by atoms with Gasteiger partial charge in [0.05, 0.1) is 9.92 Å². The normalized spacial score (nSPS) is 15.0. The van der Waals surface area contributed by atoms with Crippen LogP contribution in [0.25, 0.3) is 0 Å². The van der Waals surface area contributed by atoms with Gasteiger partial charge in [-0.1, -0.05) is 23.7 Å². The lowest BCUT2D eigenvalue weighted by molar-refractivity contribution is -0.118. The quantitative estimate of drug-likeness (QED) is 0.726. The summed E-state index contributed by atoms with van der Waals surface area (Å²) in [5, 5.41) is 10.6. The molecule has 0 fully saturated rings. The molecule has 1 aromatic carbocycles. The van der Waals surface area contributed by atoms with Crippen LogP contribution in [0.2, 0.25) is 5.02 Å². The van der Waals surface area contributed by atoms with Crippen LogP contribution < -0.4 is 5.32 Å². The van der Waals surface area contributed by atoms with E-state index in [1.807, 2.05) is 0 Å². The predicted molar refractivity (Wildman–Crippen MR) is 86.8 cm³/mol. The van der Waals surface area contributed by atoms with Gasteiger partial charge in [0.25, 0.3) is 0 Å². The molecule has 122 valence electrons. The zero-order valence-electron chi connectivity index (χ0n) is 12.3. The summed E-state index contributed by atoms with van der Waals surface area (Å²) in [5.74, 6) is 1.28. The highest BCUT2D eigenvalue weighted by molar-refractivity contribution is 7.92. The number of rotatable bonds is 8. The van der Waals surface area contributed by atoms with E-state index in [0.29, 0.717) is 19.3 Å². The molecule has 0 saturated heterocycles. The van der Waals surface area contributed by atoms with Gasteiger partial charge < -0.3 is 5.32 Å². The standard InChI is InChI=1S/C15H16ClN3O3S/c1-2-3-8-15(18-19-15)9-10-17-14(20)11-23(21,22)13-7-5-4-6-12(13)16/h1,4-7H,3,8-11H2,(H,17,20). The third kappa shape index (κ3) is 4.78. The van der Waals surface area contributed by atoms with E-state index in [1.54, 1.807) is 12.1 Å². The van der Waals surface area contributed by atoms with Crippen molar-refractivity contribution in [2.24, 2.45) is 10.2 Å². The monoisotopic (exact) mass is 353 g/mol. The van der Waals surface area contributed by atoms with E-state index in [9.17, 15) is 13.2 Å². The average molecular weight is 354 g/mol. The average Bonchev–Trinajstić information content (AvgIpc) is 3.25. The van der Waals surface area contributed by atoms with E-state index >= 15 is 0 Å². The van der Waals surface area contributed by atoms with E-state index in [2.05, 4.69) is 21.5 Å². The molecule has 1 aromatic rings. The van der Waals surface area contributed by atoms with Gasteiger partial charge in [0, 0.05) is 25.8 Å². The van der Waals surface area contributed by atoms with E-state index in [1.165, 1.54) is 12.1 Å². The SMILES string of the molecule is C#CCCC1(CCNC(=O)CS(=O)(=O)c2ccccc2Cl)N=N1. The minimum Gasteiger partial charge on any atom is -0.355 e. The molecule has 0 aliphatic carbocycles. The Balaban J connectivity index is 1.83. The van der Waals surface area contributed by atoms with Crippen LogP contribution in [-0.2, 0) is 14.6 Å². The van der Waals surface area contributed by atoms with Crippen LogP contribution in [0.3, 0.4) is 0 Å². The van der Waals surface area contributed by atoms with E-state index in [0.717, 1.165) is 0 Å². The molecule has 0 radical (unpaired) electrons. The predicted octanol–water partition coefficient (Wildman–Crippen LogP) is 2.20. The molecule has 6 nitrogen and oxygen atoms in total. The molecule has 23 heavy (non-hydrogen) atoms. The zero-order chi connectivity index (χ0) is 16.9. The van der Waals surface area contributed by atoms with Crippen LogP contribution in [0.5, 0.6) is 0 Å². The second kappa shape index (κ2) is 7.11. The summed E-state index contributed by atoms with van der Waals surface area (Å²) in [6.45, 7) is 0.286. The lowest BCUT2D eigenvalue weighted by Gasteiger charge is -2.10. The Bertz CT molecular complexity index is 762. The first kappa shape index (κ1) is 17.4. The molecule has 0 atom stereocenters. The first-order valence-corrected chi connectivity index (χ1v) is 9.03. The smallest absolute Gasteiger partial charge is 0.235 e. The van der Waals surface area contributed by atoms with Gasteiger partial charge in [0.1, 0.15) is 5.75 Å². The highest BCUT2D eigenvalue weighted by Gasteiger charge is 2.38. The van der Waals surface area contributed by atoms with Gasteiger partial charge in [0.2, 0.25) is 5.91 Å². The topological polar surface area (TPSA) is 88.0 Å². The van der Waals surface area contributed by atoms with Crippen molar-refractivity contribution in [3.8, 4) is 12.3 Å². The van der Waals surface area contributed by atoms with Gasteiger partial charge in [-0.25, -0.2) is 8.42 Å². The number of hydrogen-bond donors (Lipinski definition) is 1. The Kier molecular flexibility index (Phi) is 5.39. The largest absolute Gasteiger partial charge is 0.355 e. The Morgan fingerprint density at radius 2 is 2.00 bits per heavy atom. The number of benzene rings is 1. The molecule has 1 heterocycles. The van der Waals surface area contributed by atoms with Gasteiger partial charge >= 0.3 is 0 Å². The molecular formula is C15H16ClN3O3S. The minimum absolute atomic E-state index is 0.0468. The third-order valence-electron chi connectivity index (χ3n) is 3.39. The van der Waals surface area contributed by atoms with Crippen LogP contribution in [0, 0.1) is 12.3 Å². The van der Waals surface area contributed by atoms with Gasteiger partial charge in [-0.2, -0.15) is 10.2 Å². The minimum atomic E-state index is -3.77. The second-order valence-corrected chi connectivity index (χ2v) is 7.54. The molecule has 0 bridgehead atoms. The van der Waals surface area contributed by atoms with Crippen LogP contribution in [0.1, 0.15) is 19.3 Å². The Hall–Kier alpha value is -1.91. The van der Waals surface area contributed by atoms with Gasteiger partial charge in [0.15, 0.2) is 15.5 Å². The summed E-state index contributed by atoms with van der Waals surface area (Å²) in [4.78, 5) is 11.8. The number of amides is 1. The fraction of sp³-hybridized carbons (Fsp3) is 0.400. The fourth-order valence-electron chi connectivity index (χ4n) is 2.07. The van der Waals surface area contributed by atoms with Crippen molar-refractivity contribution in [2.45, 2.75) is 29.8 Å². The van der Waals surface area contributed by atoms with Crippen molar-refractivity contribution in [1.29, 1.82) is 0 Å². The lowest BCUT2D eigenvalue weighted by atomic mass is 10.0. The molecule has 8 heteroatoms. The van der Waals surface area contributed by atoms with Crippen molar-refractivity contribution in [3.63, 3.8) is 0 Å². The maximum Gasteiger partial charge on any atom is 0.235 e. The van der Waals surface area contributed by atoms with Crippen LogP contribution in [0.4, 0.5) is 0 Å². The number of carbonyl (C=O) groups is 1. The van der Waals surface area contributed by atoms with Crippen LogP contribution in [-0.4, -0.2) is 32.3 Å². The molecule has 0 saturated carbocycles. The molecule has 0 aromatic heterocycles. The number of nitrogens with one attached hydrogen (secondary N) is 1. The lowest BCUT2D eigenvalue weighted by Crippen LogP contribution is -2.33. The summed E-state index contributed by atoms with van der Waals surface area (Å²) in [7, 11) is -3.77. The Labute approximate surface area is 140 Å². The molecule has 0 unspecified atom stereocenters. The summed E-state index contributed by atoms with van der Waals surface area (Å²) in [5.41, 5.74) is -0.499. The number of halogens is 1. The zero-order valence-corrected chi connectivity index (χ0v) is 13.9. The molecule has 1 aliphatic heterocycles. The summed E-state index contributed by atoms with van der Waals surface area (Å²) >= 11 is 5.86. The molecule has 1 amide bonds. The maximum absolute atomic E-state index is 12.2. The number of terminal acetylenes is 1. The van der Waals surface area contributed by atoms with Crippen LogP contribution in [0.15, 0.2) is 39.4 Å².